The molecule has 0 saturated heterocycles. The summed E-state index contributed by atoms with van der Waals surface area (Å²) < 4.78 is 18.5. The SMILES string of the molecule is Cc1cc(OCOC(=O)c2ccccc2OCc2ccccc2)n(-c2ccccc2)n1. The highest BCUT2D eigenvalue weighted by Gasteiger charge is 2.15. The predicted octanol–water partition coefficient (Wildman–Crippen LogP) is 4.95. The Morgan fingerprint density at radius 2 is 1.55 bits per heavy atom. The number of hydrogen-bond acceptors (Lipinski definition) is 5. The average molecular weight is 414 g/mol. The quantitative estimate of drug-likeness (QED) is 0.301. The second-order valence-electron chi connectivity index (χ2n) is 6.84. The van der Waals surface area contributed by atoms with E-state index in [1.165, 1.54) is 0 Å². The molecule has 0 N–H and O–H groups in total. The Morgan fingerprint density at radius 3 is 2.32 bits per heavy atom. The van der Waals surface area contributed by atoms with E-state index >= 15 is 0 Å². The average Bonchev–Trinajstić information content (AvgIpc) is 3.19. The van der Waals surface area contributed by atoms with E-state index in [0.29, 0.717) is 23.8 Å². The molecule has 0 spiro atoms. The molecule has 0 atom stereocenters. The molecule has 0 amide bonds. The Labute approximate surface area is 180 Å². The maximum Gasteiger partial charge on any atom is 0.344 e. The van der Waals surface area contributed by atoms with E-state index in [-0.39, 0.29) is 6.79 Å². The number of aromatic nitrogens is 2. The molecular formula is C25H22N2O4. The maximum absolute atomic E-state index is 12.6. The fourth-order valence-electron chi connectivity index (χ4n) is 3.05. The smallest absolute Gasteiger partial charge is 0.344 e. The molecule has 0 bridgehead atoms. The third-order valence-electron chi connectivity index (χ3n) is 4.54. The van der Waals surface area contributed by atoms with Gasteiger partial charge in [0.15, 0.2) is 0 Å². The second-order valence-corrected chi connectivity index (χ2v) is 6.84. The van der Waals surface area contributed by atoms with Crippen molar-refractivity contribution in [2.75, 3.05) is 6.79 Å². The van der Waals surface area contributed by atoms with Gasteiger partial charge in [0, 0.05) is 6.07 Å². The number of benzene rings is 3. The Bertz CT molecular complexity index is 1140. The zero-order valence-corrected chi connectivity index (χ0v) is 17.1. The van der Waals surface area contributed by atoms with Gasteiger partial charge in [-0.3, -0.25) is 0 Å². The van der Waals surface area contributed by atoms with Crippen LogP contribution in [0.5, 0.6) is 11.6 Å². The van der Waals surface area contributed by atoms with Crippen molar-refractivity contribution < 1.29 is 19.0 Å². The lowest BCUT2D eigenvalue weighted by Gasteiger charge is -2.12. The van der Waals surface area contributed by atoms with Crippen LogP contribution in [0.15, 0.2) is 91.0 Å². The van der Waals surface area contributed by atoms with E-state index in [4.69, 9.17) is 14.2 Å². The first-order valence-corrected chi connectivity index (χ1v) is 9.88. The number of aryl methyl sites for hydroxylation is 1. The van der Waals surface area contributed by atoms with Crippen LogP contribution in [0.3, 0.4) is 0 Å². The van der Waals surface area contributed by atoms with Gasteiger partial charge in [0.25, 0.3) is 0 Å². The summed E-state index contributed by atoms with van der Waals surface area (Å²) in [6.45, 7) is 1.99. The lowest BCUT2D eigenvalue weighted by Crippen LogP contribution is -2.13. The van der Waals surface area contributed by atoms with E-state index in [1.807, 2.05) is 73.7 Å². The molecule has 1 heterocycles. The summed E-state index contributed by atoms with van der Waals surface area (Å²) in [7, 11) is 0. The highest BCUT2D eigenvalue weighted by Crippen LogP contribution is 2.22. The third-order valence-corrected chi connectivity index (χ3v) is 4.54. The molecule has 0 aliphatic rings. The zero-order valence-electron chi connectivity index (χ0n) is 17.1. The number of carbonyl (C=O) groups is 1. The monoisotopic (exact) mass is 414 g/mol. The van der Waals surface area contributed by atoms with Crippen molar-refractivity contribution >= 4 is 5.97 Å². The van der Waals surface area contributed by atoms with E-state index in [9.17, 15) is 4.79 Å². The van der Waals surface area contributed by atoms with E-state index in [1.54, 1.807) is 28.9 Å². The van der Waals surface area contributed by atoms with Crippen LogP contribution in [0.1, 0.15) is 21.6 Å². The molecule has 0 saturated carbocycles. The summed E-state index contributed by atoms with van der Waals surface area (Å²) in [6.07, 6.45) is 0. The normalized spacial score (nSPS) is 10.5. The minimum atomic E-state index is -0.522. The van der Waals surface area contributed by atoms with Crippen LogP contribution >= 0.6 is 0 Å². The second kappa shape index (κ2) is 9.63. The van der Waals surface area contributed by atoms with E-state index < -0.39 is 5.97 Å². The molecule has 0 radical (unpaired) electrons. The molecule has 0 unspecified atom stereocenters. The Hall–Kier alpha value is -4.06. The summed E-state index contributed by atoms with van der Waals surface area (Å²) in [6, 6.07) is 28.2. The molecule has 4 rings (SSSR count). The van der Waals surface area contributed by atoms with Crippen molar-refractivity contribution in [3.63, 3.8) is 0 Å². The Balaban J connectivity index is 1.39. The number of hydrogen-bond donors (Lipinski definition) is 0. The number of esters is 1. The minimum absolute atomic E-state index is 0.246. The third kappa shape index (κ3) is 5.11. The first-order valence-electron chi connectivity index (χ1n) is 9.88. The van der Waals surface area contributed by atoms with Crippen molar-refractivity contribution in [3.05, 3.63) is 108 Å². The first kappa shape index (κ1) is 20.2. The van der Waals surface area contributed by atoms with Crippen molar-refractivity contribution in [1.82, 2.24) is 9.78 Å². The lowest BCUT2D eigenvalue weighted by molar-refractivity contribution is 0.0130. The van der Waals surface area contributed by atoms with Crippen molar-refractivity contribution in [2.24, 2.45) is 0 Å². The van der Waals surface area contributed by atoms with Gasteiger partial charge in [-0.05, 0) is 36.8 Å². The zero-order chi connectivity index (χ0) is 21.5. The van der Waals surface area contributed by atoms with Gasteiger partial charge in [0.1, 0.15) is 17.9 Å². The molecule has 0 aliphatic carbocycles. The summed E-state index contributed by atoms with van der Waals surface area (Å²) in [5, 5.41) is 4.44. The highest BCUT2D eigenvalue weighted by molar-refractivity contribution is 5.92. The molecule has 6 nitrogen and oxygen atoms in total. The Morgan fingerprint density at radius 1 is 0.871 bits per heavy atom. The fraction of sp³-hybridized carbons (Fsp3) is 0.120. The van der Waals surface area contributed by atoms with Gasteiger partial charge in [-0.1, -0.05) is 60.7 Å². The maximum atomic E-state index is 12.6. The van der Waals surface area contributed by atoms with Crippen LogP contribution in [0.25, 0.3) is 5.69 Å². The van der Waals surface area contributed by atoms with Crippen LogP contribution in [0.2, 0.25) is 0 Å². The largest absolute Gasteiger partial charge is 0.488 e. The van der Waals surface area contributed by atoms with Gasteiger partial charge in [-0.2, -0.15) is 5.10 Å². The summed E-state index contributed by atoms with van der Waals surface area (Å²) in [5.41, 5.74) is 3.01. The molecule has 0 fully saturated rings. The molecule has 0 aliphatic heterocycles. The number of para-hydroxylation sites is 2. The molecule has 1 aromatic heterocycles. The molecular weight excluding hydrogens is 392 g/mol. The van der Waals surface area contributed by atoms with Crippen LogP contribution in [0, 0.1) is 6.92 Å². The van der Waals surface area contributed by atoms with Gasteiger partial charge in [0.05, 0.1) is 11.4 Å². The lowest BCUT2D eigenvalue weighted by atomic mass is 10.2. The van der Waals surface area contributed by atoms with Gasteiger partial charge < -0.3 is 14.2 Å². The van der Waals surface area contributed by atoms with Gasteiger partial charge in [-0.25, -0.2) is 9.48 Å². The number of nitrogens with zero attached hydrogens (tertiary/aromatic N) is 2. The summed E-state index contributed by atoms with van der Waals surface area (Å²) in [4.78, 5) is 12.6. The van der Waals surface area contributed by atoms with E-state index in [0.717, 1.165) is 16.9 Å². The first-order chi connectivity index (χ1) is 15.2. The molecule has 3 aromatic carbocycles. The molecule has 6 heteroatoms. The topological polar surface area (TPSA) is 62.6 Å². The standard InChI is InChI=1S/C25H22N2O4/c1-19-16-24(27(26-19)21-12-6-3-7-13-21)30-18-31-25(28)22-14-8-9-15-23(22)29-17-20-10-4-2-5-11-20/h2-16H,17-18H2,1H3. The number of carbonyl (C=O) groups excluding carboxylic acids is 1. The predicted molar refractivity (Wildman–Crippen MR) is 116 cm³/mol. The number of ether oxygens (including phenoxy) is 3. The van der Waals surface area contributed by atoms with Crippen LogP contribution < -0.4 is 9.47 Å². The van der Waals surface area contributed by atoms with Crippen LogP contribution in [-0.4, -0.2) is 22.5 Å². The van der Waals surface area contributed by atoms with Crippen LogP contribution in [0.4, 0.5) is 0 Å². The van der Waals surface area contributed by atoms with Crippen molar-refractivity contribution in [2.45, 2.75) is 13.5 Å². The van der Waals surface area contributed by atoms with E-state index in [2.05, 4.69) is 5.10 Å². The molecule has 4 aromatic rings. The van der Waals surface area contributed by atoms with Gasteiger partial charge >= 0.3 is 5.97 Å². The minimum Gasteiger partial charge on any atom is -0.488 e. The van der Waals surface area contributed by atoms with Crippen LogP contribution in [-0.2, 0) is 11.3 Å². The Kier molecular flexibility index (Phi) is 6.28. The number of rotatable bonds is 8. The summed E-state index contributed by atoms with van der Waals surface area (Å²) in [5.74, 6) is 0.429. The fourth-order valence-corrected chi connectivity index (χ4v) is 3.05. The van der Waals surface area contributed by atoms with Gasteiger partial charge in [-0.15, -0.1) is 0 Å². The highest BCUT2D eigenvalue weighted by atomic mass is 16.7. The van der Waals surface area contributed by atoms with Crippen molar-refractivity contribution in [3.8, 4) is 17.3 Å². The summed E-state index contributed by atoms with van der Waals surface area (Å²) >= 11 is 0. The van der Waals surface area contributed by atoms with Gasteiger partial charge in [0.2, 0.25) is 12.7 Å². The molecule has 156 valence electrons. The van der Waals surface area contributed by atoms with Crippen molar-refractivity contribution in [1.29, 1.82) is 0 Å². The molecule has 31 heavy (non-hydrogen) atoms.